The quantitative estimate of drug-likeness (QED) is 0.472. The molecule has 0 bridgehead atoms. The maximum absolute atomic E-state index is 10.7. The Kier molecular flexibility index (Phi) is 4.59. The molecule has 0 fully saturated rings. The van der Waals surface area contributed by atoms with E-state index in [1.54, 1.807) is 6.92 Å². The van der Waals surface area contributed by atoms with Gasteiger partial charge in [0.05, 0.1) is 4.92 Å². The van der Waals surface area contributed by atoms with E-state index in [4.69, 9.17) is 16.7 Å². The third kappa shape index (κ3) is 3.50. The van der Waals surface area contributed by atoms with E-state index in [9.17, 15) is 10.1 Å². The summed E-state index contributed by atoms with van der Waals surface area (Å²) in [5.41, 5.74) is -0.244. The third-order valence-electron chi connectivity index (χ3n) is 2.44. The maximum atomic E-state index is 10.7. The molecule has 7 nitrogen and oxygen atoms in total. The second kappa shape index (κ2) is 5.74. The van der Waals surface area contributed by atoms with Crippen LogP contribution in [0.3, 0.4) is 0 Å². The Balaban J connectivity index is 2.96. The number of halogens is 1. The number of hydrogen-bond acceptors (Lipinski definition) is 6. The zero-order valence-corrected chi connectivity index (χ0v) is 10.2. The molecule has 0 aromatic carbocycles. The minimum atomic E-state index is -0.588. The van der Waals surface area contributed by atoms with Gasteiger partial charge >= 0.3 is 5.69 Å². The highest BCUT2D eigenvalue weighted by Gasteiger charge is 2.20. The number of aliphatic hydroxyl groups excluding tert-OH is 1. The van der Waals surface area contributed by atoms with Gasteiger partial charge in [-0.1, -0.05) is 6.92 Å². The first-order chi connectivity index (χ1) is 7.95. The zero-order chi connectivity index (χ0) is 13.0. The fourth-order valence-electron chi connectivity index (χ4n) is 1.11. The average Bonchev–Trinajstić information content (AvgIpc) is 2.27. The summed E-state index contributed by atoms with van der Waals surface area (Å²) >= 11 is 5.58. The van der Waals surface area contributed by atoms with Crippen LogP contribution in [0.25, 0.3) is 0 Å². The van der Waals surface area contributed by atoms with Crippen LogP contribution in [0, 0.1) is 16.0 Å². The van der Waals surface area contributed by atoms with Crippen molar-refractivity contribution in [2.24, 2.45) is 5.92 Å². The molecule has 2 unspecified atom stereocenters. The van der Waals surface area contributed by atoms with Crippen LogP contribution < -0.4 is 5.32 Å². The van der Waals surface area contributed by atoms with Gasteiger partial charge < -0.3 is 10.4 Å². The fourth-order valence-corrected chi connectivity index (χ4v) is 1.24. The maximum Gasteiger partial charge on any atom is 0.329 e. The predicted octanol–water partition coefficient (Wildman–Crippen LogP) is 1.47. The molecule has 0 spiro atoms. The first-order valence-electron chi connectivity index (χ1n) is 5.00. The van der Waals surface area contributed by atoms with E-state index in [0.29, 0.717) is 0 Å². The number of nitro groups is 1. The van der Waals surface area contributed by atoms with Crippen LogP contribution in [0.2, 0.25) is 5.28 Å². The lowest BCUT2D eigenvalue weighted by atomic mass is 10.1. The number of aromatic nitrogens is 2. The normalized spacial score (nSPS) is 14.1. The highest BCUT2D eigenvalue weighted by Crippen LogP contribution is 2.23. The summed E-state index contributed by atoms with van der Waals surface area (Å²) in [6, 6.07) is -0.176. The molecular formula is C9H13ClN4O3. The van der Waals surface area contributed by atoms with E-state index in [-0.39, 0.29) is 35.4 Å². The molecule has 2 N–H and O–H groups in total. The Hall–Kier alpha value is -1.47. The largest absolute Gasteiger partial charge is 0.396 e. The van der Waals surface area contributed by atoms with Gasteiger partial charge in [-0.2, -0.15) is 4.98 Å². The Morgan fingerprint density at radius 2 is 2.29 bits per heavy atom. The second-order valence-electron chi connectivity index (χ2n) is 3.72. The number of anilines is 1. The number of nitrogens with one attached hydrogen (secondary N) is 1. The standard InChI is InChI=1S/C9H13ClN4O3/c1-5(4-15)6(2)12-8-7(14(16)17)3-11-9(10)13-8/h3,5-6,15H,4H2,1-2H3,(H,11,12,13). The van der Waals surface area contributed by atoms with Crippen molar-refractivity contribution < 1.29 is 10.0 Å². The molecule has 94 valence electrons. The van der Waals surface area contributed by atoms with Gasteiger partial charge in [-0.05, 0) is 24.4 Å². The van der Waals surface area contributed by atoms with Gasteiger partial charge in [-0.3, -0.25) is 10.1 Å². The molecule has 17 heavy (non-hydrogen) atoms. The average molecular weight is 261 g/mol. The van der Waals surface area contributed by atoms with Crippen molar-refractivity contribution in [3.63, 3.8) is 0 Å². The van der Waals surface area contributed by atoms with E-state index in [1.165, 1.54) is 0 Å². The van der Waals surface area contributed by atoms with Crippen molar-refractivity contribution in [3.8, 4) is 0 Å². The Morgan fingerprint density at radius 1 is 1.65 bits per heavy atom. The summed E-state index contributed by atoms with van der Waals surface area (Å²) in [4.78, 5) is 17.5. The second-order valence-corrected chi connectivity index (χ2v) is 4.06. The molecular weight excluding hydrogens is 248 g/mol. The molecule has 0 radical (unpaired) electrons. The fraction of sp³-hybridized carbons (Fsp3) is 0.556. The van der Waals surface area contributed by atoms with E-state index in [0.717, 1.165) is 6.20 Å². The highest BCUT2D eigenvalue weighted by molar-refractivity contribution is 6.28. The van der Waals surface area contributed by atoms with Crippen molar-refractivity contribution in [3.05, 3.63) is 21.6 Å². The minimum absolute atomic E-state index is 0.0270. The lowest BCUT2D eigenvalue weighted by Crippen LogP contribution is -2.27. The van der Waals surface area contributed by atoms with Crippen LogP contribution in [-0.2, 0) is 0 Å². The molecule has 0 aliphatic heterocycles. The van der Waals surface area contributed by atoms with Crippen LogP contribution in [0.4, 0.5) is 11.5 Å². The van der Waals surface area contributed by atoms with Crippen LogP contribution in [0.5, 0.6) is 0 Å². The van der Waals surface area contributed by atoms with Crippen molar-refractivity contribution in [2.75, 3.05) is 11.9 Å². The summed E-state index contributed by atoms with van der Waals surface area (Å²) in [5, 5.41) is 22.5. The lowest BCUT2D eigenvalue weighted by molar-refractivity contribution is -0.384. The van der Waals surface area contributed by atoms with Gasteiger partial charge in [0.25, 0.3) is 0 Å². The minimum Gasteiger partial charge on any atom is -0.396 e. The van der Waals surface area contributed by atoms with Crippen molar-refractivity contribution >= 4 is 23.1 Å². The van der Waals surface area contributed by atoms with E-state index >= 15 is 0 Å². The number of hydrogen-bond donors (Lipinski definition) is 2. The highest BCUT2D eigenvalue weighted by atomic mass is 35.5. The van der Waals surface area contributed by atoms with Crippen molar-refractivity contribution in [2.45, 2.75) is 19.9 Å². The van der Waals surface area contributed by atoms with Gasteiger partial charge in [0, 0.05) is 12.6 Å². The lowest BCUT2D eigenvalue weighted by Gasteiger charge is -2.19. The molecule has 1 aromatic rings. The molecule has 0 saturated carbocycles. The van der Waals surface area contributed by atoms with Gasteiger partial charge in [0.15, 0.2) is 0 Å². The van der Waals surface area contributed by atoms with E-state index in [2.05, 4.69) is 15.3 Å². The van der Waals surface area contributed by atoms with E-state index in [1.807, 2.05) is 6.92 Å². The molecule has 1 heterocycles. The molecule has 0 aliphatic rings. The van der Waals surface area contributed by atoms with E-state index < -0.39 is 4.92 Å². The number of rotatable bonds is 5. The van der Waals surface area contributed by atoms with Crippen molar-refractivity contribution in [1.29, 1.82) is 0 Å². The Labute approximate surface area is 103 Å². The van der Waals surface area contributed by atoms with Crippen LogP contribution in [-0.4, -0.2) is 32.6 Å². The monoisotopic (exact) mass is 260 g/mol. The summed E-state index contributed by atoms with van der Waals surface area (Å²) in [7, 11) is 0. The summed E-state index contributed by atoms with van der Waals surface area (Å²) in [6.07, 6.45) is 1.05. The molecule has 0 saturated heterocycles. The summed E-state index contributed by atoms with van der Waals surface area (Å²) in [5.74, 6) is -0.00820. The topological polar surface area (TPSA) is 101 Å². The van der Waals surface area contributed by atoms with Crippen LogP contribution in [0.15, 0.2) is 6.20 Å². The predicted molar refractivity (Wildman–Crippen MR) is 63.0 cm³/mol. The zero-order valence-electron chi connectivity index (χ0n) is 9.42. The smallest absolute Gasteiger partial charge is 0.329 e. The Morgan fingerprint density at radius 3 is 2.82 bits per heavy atom. The summed E-state index contributed by atoms with van der Waals surface area (Å²) < 4.78 is 0. The Bertz CT molecular complexity index is 415. The molecule has 8 heteroatoms. The van der Waals surface area contributed by atoms with Crippen LogP contribution >= 0.6 is 11.6 Å². The van der Waals surface area contributed by atoms with Gasteiger partial charge in [-0.25, -0.2) is 4.98 Å². The molecule has 2 atom stereocenters. The summed E-state index contributed by atoms with van der Waals surface area (Å²) in [6.45, 7) is 3.58. The van der Waals surface area contributed by atoms with Crippen molar-refractivity contribution in [1.82, 2.24) is 9.97 Å². The van der Waals surface area contributed by atoms with Gasteiger partial charge in [-0.15, -0.1) is 0 Å². The molecule has 0 aliphatic carbocycles. The third-order valence-corrected chi connectivity index (χ3v) is 2.62. The molecule has 1 rings (SSSR count). The number of nitrogens with zero attached hydrogens (tertiary/aromatic N) is 3. The van der Waals surface area contributed by atoms with Gasteiger partial charge in [0.1, 0.15) is 6.20 Å². The SMILES string of the molecule is CC(CO)C(C)Nc1nc(Cl)ncc1[N+](=O)[O-]. The number of aliphatic hydroxyl groups is 1. The van der Waals surface area contributed by atoms with Crippen LogP contribution in [0.1, 0.15) is 13.8 Å². The molecule has 1 aromatic heterocycles. The molecule has 0 amide bonds. The first kappa shape index (κ1) is 13.6. The van der Waals surface area contributed by atoms with Gasteiger partial charge in [0.2, 0.25) is 11.1 Å². The first-order valence-corrected chi connectivity index (χ1v) is 5.37.